The molecular weight excluding hydrogens is 453 g/mol. The quantitative estimate of drug-likeness (QED) is 0.276. The lowest BCUT2D eigenvalue weighted by molar-refractivity contribution is 0.103. The first-order valence-electron chi connectivity index (χ1n) is 10.0. The van der Waals surface area contributed by atoms with E-state index in [1.165, 1.54) is 11.3 Å². The van der Waals surface area contributed by atoms with Gasteiger partial charge in [-0.05, 0) is 60.9 Å². The first kappa shape index (κ1) is 22.0. The Morgan fingerprint density at radius 1 is 1.10 bits per heavy atom. The predicted octanol–water partition coefficient (Wildman–Crippen LogP) is 5.28. The molecule has 0 aliphatic carbocycles. The number of nitrogens with zero attached hydrogens (tertiary/aromatic N) is 1. The van der Waals surface area contributed by atoms with E-state index in [0.717, 1.165) is 54.4 Å². The highest BCUT2D eigenvalue weighted by Crippen LogP contribution is 2.37. The van der Waals surface area contributed by atoms with Crippen LogP contribution in [0.15, 0.2) is 42.5 Å². The van der Waals surface area contributed by atoms with E-state index in [2.05, 4.69) is 4.90 Å². The van der Waals surface area contributed by atoms with Gasteiger partial charge in [0.15, 0.2) is 5.78 Å². The number of halogens is 2. The number of thiophene rings is 1. The Labute approximate surface area is 195 Å². The van der Waals surface area contributed by atoms with Crippen molar-refractivity contribution in [2.75, 3.05) is 31.2 Å². The zero-order chi connectivity index (χ0) is 22.0. The summed E-state index contributed by atoms with van der Waals surface area (Å²) in [5.41, 5.74) is 14.9. The van der Waals surface area contributed by atoms with Gasteiger partial charge in [-0.3, -0.25) is 9.69 Å². The standard InChI is InChI=1S/C23H23Cl2N3O2S/c24-18-7-2-14(12-19(18)25)22(29)21-17-8-10-28(13-20(17)31-23(21)27)9-1-11-30-16-5-3-15(26)4-6-16/h2-7,12H,1,8-11,13,26-27H2. The van der Waals surface area contributed by atoms with Crippen molar-refractivity contribution in [1.82, 2.24) is 4.90 Å². The minimum atomic E-state index is -0.0982. The Hall–Kier alpha value is -2.25. The van der Waals surface area contributed by atoms with Crippen LogP contribution in [0.1, 0.15) is 32.8 Å². The summed E-state index contributed by atoms with van der Waals surface area (Å²) in [6.45, 7) is 3.23. The van der Waals surface area contributed by atoms with E-state index < -0.39 is 0 Å². The molecule has 0 atom stereocenters. The van der Waals surface area contributed by atoms with Crippen LogP contribution < -0.4 is 16.2 Å². The number of carbonyl (C=O) groups is 1. The molecule has 4 rings (SSSR count). The van der Waals surface area contributed by atoms with Gasteiger partial charge >= 0.3 is 0 Å². The van der Waals surface area contributed by atoms with Gasteiger partial charge in [0.1, 0.15) is 5.75 Å². The summed E-state index contributed by atoms with van der Waals surface area (Å²) in [7, 11) is 0. The topological polar surface area (TPSA) is 81.6 Å². The van der Waals surface area contributed by atoms with Crippen molar-refractivity contribution in [3.05, 3.63) is 74.1 Å². The fourth-order valence-corrected chi connectivity index (χ4v) is 5.20. The fraction of sp³-hybridized carbons (Fsp3) is 0.261. The average molecular weight is 476 g/mol. The molecule has 4 N–H and O–H groups in total. The summed E-state index contributed by atoms with van der Waals surface area (Å²) in [6, 6.07) is 12.4. The molecule has 0 spiro atoms. The van der Waals surface area contributed by atoms with Gasteiger partial charge in [-0.15, -0.1) is 11.3 Å². The number of nitrogens with two attached hydrogens (primary N) is 2. The highest BCUT2D eigenvalue weighted by atomic mass is 35.5. The van der Waals surface area contributed by atoms with Gasteiger partial charge < -0.3 is 16.2 Å². The van der Waals surface area contributed by atoms with E-state index in [0.29, 0.717) is 32.8 Å². The molecule has 31 heavy (non-hydrogen) atoms. The number of hydrogen-bond acceptors (Lipinski definition) is 6. The average Bonchev–Trinajstić information content (AvgIpc) is 3.08. The maximum absolute atomic E-state index is 13.1. The van der Waals surface area contributed by atoms with Crippen molar-refractivity contribution in [1.29, 1.82) is 0 Å². The third-order valence-electron chi connectivity index (χ3n) is 5.34. The molecule has 1 aliphatic heterocycles. The SMILES string of the molecule is Nc1ccc(OCCCN2CCc3c(sc(N)c3C(=O)c3ccc(Cl)c(Cl)c3)C2)cc1. The Morgan fingerprint density at radius 3 is 2.61 bits per heavy atom. The van der Waals surface area contributed by atoms with Crippen LogP contribution >= 0.6 is 34.5 Å². The van der Waals surface area contributed by atoms with Crippen LogP contribution in [0, 0.1) is 0 Å². The molecule has 0 saturated heterocycles. The van der Waals surface area contributed by atoms with Gasteiger partial charge in [0.05, 0.1) is 27.2 Å². The molecule has 162 valence electrons. The summed E-state index contributed by atoms with van der Waals surface area (Å²) < 4.78 is 5.78. The van der Waals surface area contributed by atoms with Crippen LogP contribution in [0.2, 0.25) is 10.0 Å². The Balaban J connectivity index is 1.37. The second-order valence-electron chi connectivity index (χ2n) is 7.50. The molecule has 0 radical (unpaired) electrons. The van der Waals surface area contributed by atoms with E-state index in [4.69, 9.17) is 39.4 Å². The molecule has 0 amide bonds. The summed E-state index contributed by atoms with van der Waals surface area (Å²) in [5.74, 6) is 0.727. The summed E-state index contributed by atoms with van der Waals surface area (Å²) >= 11 is 13.6. The molecule has 8 heteroatoms. The fourth-order valence-electron chi connectivity index (χ4n) is 3.74. The number of nitrogen functional groups attached to an aromatic ring is 2. The van der Waals surface area contributed by atoms with Crippen molar-refractivity contribution >= 4 is 51.0 Å². The highest BCUT2D eigenvalue weighted by Gasteiger charge is 2.27. The number of anilines is 2. The lowest BCUT2D eigenvalue weighted by Crippen LogP contribution is -2.31. The van der Waals surface area contributed by atoms with Crippen molar-refractivity contribution in [3.63, 3.8) is 0 Å². The molecular formula is C23H23Cl2N3O2S. The number of ketones is 1. The van der Waals surface area contributed by atoms with E-state index in [9.17, 15) is 4.79 Å². The molecule has 2 heterocycles. The smallest absolute Gasteiger partial charge is 0.196 e. The first-order valence-corrected chi connectivity index (χ1v) is 11.6. The van der Waals surface area contributed by atoms with Crippen molar-refractivity contribution in [2.24, 2.45) is 0 Å². The lowest BCUT2D eigenvalue weighted by atomic mass is 9.96. The van der Waals surface area contributed by atoms with Gasteiger partial charge in [0.2, 0.25) is 0 Å². The van der Waals surface area contributed by atoms with Gasteiger partial charge in [-0.2, -0.15) is 0 Å². The van der Waals surface area contributed by atoms with Crippen LogP contribution in [0.5, 0.6) is 5.75 Å². The third kappa shape index (κ3) is 4.99. The van der Waals surface area contributed by atoms with Crippen LogP contribution in [0.3, 0.4) is 0 Å². The number of carbonyl (C=O) groups excluding carboxylic acids is 1. The summed E-state index contributed by atoms with van der Waals surface area (Å²) in [6.07, 6.45) is 1.71. The van der Waals surface area contributed by atoms with Crippen molar-refractivity contribution < 1.29 is 9.53 Å². The molecule has 2 aromatic carbocycles. The molecule has 0 bridgehead atoms. The minimum absolute atomic E-state index is 0.0982. The molecule has 0 unspecified atom stereocenters. The summed E-state index contributed by atoms with van der Waals surface area (Å²) in [5, 5.41) is 1.35. The van der Waals surface area contributed by atoms with Crippen LogP contribution in [-0.2, 0) is 13.0 Å². The molecule has 0 fully saturated rings. The maximum atomic E-state index is 13.1. The number of hydrogen-bond donors (Lipinski definition) is 2. The molecule has 5 nitrogen and oxygen atoms in total. The van der Waals surface area contributed by atoms with Crippen LogP contribution in [0.4, 0.5) is 10.7 Å². The number of benzene rings is 2. The number of rotatable bonds is 7. The van der Waals surface area contributed by atoms with Gasteiger partial charge in [0, 0.05) is 35.8 Å². The second-order valence-corrected chi connectivity index (χ2v) is 9.45. The van der Waals surface area contributed by atoms with E-state index in [1.807, 2.05) is 24.3 Å². The summed E-state index contributed by atoms with van der Waals surface area (Å²) in [4.78, 5) is 16.6. The van der Waals surface area contributed by atoms with E-state index in [1.54, 1.807) is 18.2 Å². The highest BCUT2D eigenvalue weighted by molar-refractivity contribution is 7.16. The molecule has 0 saturated carbocycles. The number of ether oxygens (including phenoxy) is 1. The number of fused-ring (bicyclic) bond motifs is 1. The predicted molar refractivity (Wildman–Crippen MR) is 129 cm³/mol. The zero-order valence-electron chi connectivity index (χ0n) is 16.9. The van der Waals surface area contributed by atoms with Crippen LogP contribution in [0.25, 0.3) is 0 Å². The van der Waals surface area contributed by atoms with Crippen molar-refractivity contribution in [3.8, 4) is 5.75 Å². The van der Waals surface area contributed by atoms with Gasteiger partial charge in [0.25, 0.3) is 0 Å². The lowest BCUT2D eigenvalue weighted by Gasteiger charge is -2.27. The second kappa shape index (κ2) is 9.49. The third-order valence-corrected chi connectivity index (χ3v) is 7.12. The van der Waals surface area contributed by atoms with Gasteiger partial charge in [-0.1, -0.05) is 23.2 Å². The zero-order valence-corrected chi connectivity index (χ0v) is 19.2. The maximum Gasteiger partial charge on any atom is 0.196 e. The van der Waals surface area contributed by atoms with Gasteiger partial charge in [-0.25, -0.2) is 0 Å². The molecule has 3 aromatic rings. The minimum Gasteiger partial charge on any atom is -0.494 e. The van der Waals surface area contributed by atoms with E-state index >= 15 is 0 Å². The van der Waals surface area contributed by atoms with Crippen LogP contribution in [-0.4, -0.2) is 30.4 Å². The Kier molecular flexibility index (Phi) is 6.72. The Morgan fingerprint density at radius 2 is 1.87 bits per heavy atom. The normalized spacial score (nSPS) is 13.7. The molecule has 1 aliphatic rings. The Bertz CT molecular complexity index is 1100. The molecule has 1 aromatic heterocycles. The monoisotopic (exact) mass is 475 g/mol. The largest absolute Gasteiger partial charge is 0.494 e. The van der Waals surface area contributed by atoms with E-state index in [-0.39, 0.29) is 5.78 Å². The first-order chi connectivity index (χ1) is 14.9. The van der Waals surface area contributed by atoms with Crippen molar-refractivity contribution in [2.45, 2.75) is 19.4 Å².